The largest absolute Gasteiger partial charge is 0.480 e. The average Bonchev–Trinajstić information content (AvgIpc) is 2.59. The van der Waals surface area contributed by atoms with Gasteiger partial charge in [0.2, 0.25) is 0 Å². The number of rotatable bonds is 5. The first kappa shape index (κ1) is 17.3. The minimum atomic E-state index is -0.506. The third-order valence-corrected chi connectivity index (χ3v) is 3.62. The highest BCUT2D eigenvalue weighted by Gasteiger charge is 2.12. The van der Waals surface area contributed by atoms with Crippen molar-refractivity contribution in [2.24, 2.45) is 0 Å². The zero-order chi connectivity index (χ0) is 17.5. The van der Waals surface area contributed by atoms with Gasteiger partial charge >= 0.3 is 0 Å². The molecule has 24 heavy (non-hydrogen) atoms. The van der Waals surface area contributed by atoms with Gasteiger partial charge in [-0.05, 0) is 29.8 Å². The van der Waals surface area contributed by atoms with Crippen molar-refractivity contribution < 1.29 is 9.66 Å². The molecule has 6 heteroatoms. The molecule has 0 aromatic heterocycles. The van der Waals surface area contributed by atoms with Crippen LogP contribution in [0.2, 0.25) is 0 Å². The van der Waals surface area contributed by atoms with Crippen molar-refractivity contribution in [2.45, 2.75) is 0 Å². The number of nitro benzene ring substituents is 1. The summed E-state index contributed by atoms with van der Waals surface area (Å²) in [7, 11) is 0. The van der Waals surface area contributed by atoms with Gasteiger partial charge in [-0.1, -0.05) is 34.0 Å². The predicted octanol–water partition coefficient (Wildman–Crippen LogP) is 4.43. The van der Waals surface area contributed by atoms with Gasteiger partial charge in [-0.15, -0.1) is 6.42 Å². The molecule has 0 radical (unpaired) electrons. The smallest absolute Gasteiger partial charge is 0.270 e. The molecule has 0 saturated heterocycles. The summed E-state index contributed by atoms with van der Waals surface area (Å²) in [6.07, 6.45) is 6.73. The van der Waals surface area contributed by atoms with Crippen LogP contribution in [-0.2, 0) is 0 Å². The van der Waals surface area contributed by atoms with E-state index >= 15 is 0 Å². The number of non-ortho nitro benzene ring substituents is 1. The molecule has 0 amide bonds. The highest BCUT2D eigenvalue weighted by atomic mass is 79.9. The SMILES string of the molecule is C#CCOc1ccc([N+](=O)[O-])cc1/C=C(/C#N)c1ccc(Br)cc1. The van der Waals surface area contributed by atoms with Gasteiger partial charge in [0.15, 0.2) is 0 Å². The van der Waals surface area contributed by atoms with Gasteiger partial charge in [-0.3, -0.25) is 10.1 Å². The molecule has 5 nitrogen and oxygen atoms in total. The molecule has 0 aliphatic carbocycles. The van der Waals surface area contributed by atoms with E-state index in [9.17, 15) is 15.4 Å². The van der Waals surface area contributed by atoms with Gasteiger partial charge in [0.25, 0.3) is 5.69 Å². The maximum atomic E-state index is 11.0. The van der Waals surface area contributed by atoms with Gasteiger partial charge in [-0.2, -0.15) is 5.26 Å². The van der Waals surface area contributed by atoms with Crippen LogP contribution in [0.15, 0.2) is 46.9 Å². The Morgan fingerprint density at radius 1 is 1.33 bits per heavy atom. The van der Waals surface area contributed by atoms with Crippen LogP contribution >= 0.6 is 15.9 Å². The first-order valence-electron chi connectivity index (χ1n) is 6.77. The molecular formula is C18H11BrN2O3. The van der Waals surface area contributed by atoms with Gasteiger partial charge in [0.1, 0.15) is 12.4 Å². The number of hydrogen-bond donors (Lipinski definition) is 0. The lowest BCUT2D eigenvalue weighted by Crippen LogP contribution is -1.97. The molecule has 0 heterocycles. The minimum Gasteiger partial charge on any atom is -0.480 e. The first-order valence-corrected chi connectivity index (χ1v) is 7.57. The van der Waals surface area contributed by atoms with Crippen molar-refractivity contribution in [3.05, 3.63) is 68.2 Å². The van der Waals surface area contributed by atoms with Gasteiger partial charge < -0.3 is 4.74 Å². The van der Waals surface area contributed by atoms with E-state index in [0.29, 0.717) is 22.4 Å². The number of terminal acetylenes is 1. The van der Waals surface area contributed by atoms with Crippen LogP contribution in [0.5, 0.6) is 5.75 Å². The number of ether oxygens (including phenoxy) is 1. The zero-order valence-corrected chi connectivity index (χ0v) is 14.0. The monoisotopic (exact) mass is 382 g/mol. The Hall–Kier alpha value is -3.09. The van der Waals surface area contributed by atoms with E-state index in [2.05, 4.69) is 27.9 Å². The Labute approximate surface area is 147 Å². The number of nitriles is 1. The number of nitro groups is 1. The normalized spacial score (nSPS) is 10.5. The highest BCUT2D eigenvalue weighted by Crippen LogP contribution is 2.29. The molecular weight excluding hydrogens is 372 g/mol. The maximum Gasteiger partial charge on any atom is 0.270 e. The van der Waals surface area contributed by atoms with Crippen LogP contribution in [0.1, 0.15) is 11.1 Å². The third-order valence-electron chi connectivity index (χ3n) is 3.09. The van der Waals surface area contributed by atoms with Crippen molar-refractivity contribution in [1.29, 1.82) is 5.26 Å². The lowest BCUT2D eigenvalue weighted by molar-refractivity contribution is -0.384. The van der Waals surface area contributed by atoms with Gasteiger partial charge in [0, 0.05) is 22.2 Å². The molecule has 2 aromatic rings. The van der Waals surface area contributed by atoms with Crippen LogP contribution in [0.3, 0.4) is 0 Å². The first-order chi connectivity index (χ1) is 11.5. The van der Waals surface area contributed by atoms with E-state index < -0.39 is 4.92 Å². The molecule has 0 N–H and O–H groups in total. The van der Waals surface area contributed by atoms with E-state index in [1.54, 1.807) is 18.2 Å². The lowest BCUT2D eigenvalue weighted by Gasteiger charge is -2.07. The van der Waals surface area contributed by atoms with Crippen molar-refractivity contribution in [1.82, 2.24) is 0 Å². The van der Waals surface area contributed by atoms with Crippen molar-refractivity contribution in [3.63, 3.8) is 0 Å². The Kier molecular flexibility index (Phi) is 5.73. The molecule has 118 valence electrons. The summed E-state index contributed by atoms with van der Waals surface area (Å²) in [6, 6.07) is 13.4. The predicted molar refractivity (Wildman–Crippen MR) is 95.1 cm³/mol. The van der Waals surface area contributed by atoms with E-state index in [4.69, 9.17) is 11.2 Å². The van der Waals surface area contributed by atoms with Crippen molar-refractivity contribution >= 4 is 33.3 Å². The van der Waals surface area contributed by atoms with Crippen molar-refractivity contribution in [3.8, 4) is 24.2 Å². The summed E-state index contributed by atoms with van der Waals surface area (Å²) in [5.74, 6) is 2.72. The zero-order valence-electron chi connectivity index (χ0n) is 12.4. The summed E-state index contributed by atoms with van der Waals surface area (Å²) in [5.41, 5.74) is 1.37. The van der Waals surface area contributed by atoms with E-state index in [0.717, 1.165) is 4.47 Å². The number of hydrogen-bond acceptors (Lipinski definition) is 4. The molecule has 0 saturated carbocycles. The maximum absolute atomic E-state index is 11.0. The van der Waals surface area contributed by atoms with Crippen LogP contribution in [0, 0.1) is 33.8 Å². The van der Waals surface area contributed by atoms with Gasteiger partial charge in [-0.25, -0.2) is 0 Å². The molecule has 0 spiro atoms. The van der Waals surface area contributed by atoms with Gasteiger partial charge in [0.05, 0.1) is 16.6 Å². The second-order valence-corrected chi connectivity index (χ2v) is 5.56. The van der Waals surface area contributed by atoms with Crippen molar-refractivity contribution in [2.75, 3.05) is 6.61 Å². The highest BCUT2D eigenvalue weighted by molar-refractivity contribution is 9.10. The summed E-state index contributed by atoms with van der Waals surface area (Å²) >= 11 is 3.33. The molecule has 0 aliphatic rings. The fourth-order valence-electron chi connectivity index (χ4n) is 1.98. The fraction of sp³-hybridized carbons (Fsp3) is 0.0556. The molecule has 2 rings (SSSR count). The van der Waals surface area contributed by atoms with Crippen LogP contribution < -0.4 is 4.74 Å². The Morgan fingerprint density at radius 3 is 2.62 bits per heavy atom. The van der Waals surface area contributed by atoms with E-state index in [1.165, 1.54) is 18.2 Å². The van der Waals surface area contributed by atoms with Crippen LogP contribution in [0.4, 0.5) is 5.69 Å². The fourth-order valence-corrected chi connectivity index (χ4v) is 2.24. The number of nitrogens with zero attached hydrogens (tertiary/aromatic N) is 2. The Morgan fingerprint density at radius 2 is 2.04 bits per heavy atom. The topological polar surface area (TPSA) is 76.2 Å². The van der Waals surface area contributed by atoms with Crippen LogP contribution in [-0.4, -0.2) is 11.5 Å². The second-order valence-electron chi connectivity index (χ2n) is 4.65. The number of halogens is 1. The summed E-state index contributed by atoms with van der Waals surface area (Å²) < 4.78 is 6.29. The lowest BCUT2D eigenvalue weighted by atomic mass is 10.0. The van der Waals surface area contributed by atoms with E-state index in [-0.39, 0.29) is 12.3 Å². The number of allylic oxidation sites excluding steroid dienone is 1. The number of benzene rings is 2. The second kappa shape index (κ2) is 7.96. The van der Waals surface area contributed by atoms with E-state index in [1.807, 2.05) is 12.1 Å². The Balaban J connectivity index is 2.52. The summed E-state index contributed by atoms with van der Waals surface area (Å²) in [4.78, 5) is 10.5. The Bertz CT molecular complexity index is 875. The molecule has 0 fully saturated rings. The quantitative estimate of drug-likeness (QED) is 0.252. The average molecular weight is 383 g/mol. The molecule has 0 unspecified atom stereocenters. The third kappa shape index (κ3) is 4.22. The van der Waals surface area contributed by atoms with Crippen LogP contribution in [0.25, 0.3) is 11.6 Å². The molecule has 2 aromatic carbocycles. The summed E-state index contributed by atoms with van der Waals surface area (Å²) in [6.45, 7) is 0.0266. The minimum absolute atomic E-state index is 0.0266. The summed E-state index contributed by atoms with van der Waals surface area (Å²) in [5, 5.41) is 20.4. The molecule has 0 bridgehead atoms. The molecule has 0 atom stereocenters. The molecule has 0 aliphatic heterocycles. The standard InChI is InChI=1S/C18H11BrN2O3/c1-2-9-24-18-8-7-17(21(22)23)11-14(18)10-15(12-20)13-3-5-16(19)6-4-13/h1,3-8,10-11H,9H2/b15-10-.